The number of fused-ring (bicyclic) bond motifs is 1. The molecule has 1 atom stereocenters. The van der Waals surface area contributed by atoms with Crippen molar-refractivity contribution < 1.29 is 9.84 Å². The lowest BCUT2D eigenvalue weighted by atomic mass is 10.1. The van der Waals surface area contributed by atoms with Gasteiger partial charge in [-0.25, -0.2) is 0 Å². The number of pyridine rings is 2. The Balaban J connectivity index is 1.71. The highest BCUT2D eigenvalue weighted by atomic mass is 16.5. The van der Waals surface area contributed by atoms with Gasteiger partial charge in [-0.1, -0.05) is 6.07 Å². The predicted octanol–water partition coefficient (Wildman–Crippen LogP) is 3.60. The molecule has 29 heavy (non-hydrogen) atoms. The van der Waals surface area contributed by atoms with Crippen LogP contribution in [0, 0.1) is 0 Å². The van der Waals surface area contributed by atoms with E-state index in [-0.39, 0.29) is 12.6 Å². The molecule has 0 aliphatic carbocycles. The Morgan fingerprint density at radius 3 is 2.66 bits per heavy atom. The molecule has 7 heteroatoms. The summed E-state index contributed by atoms with van der Waals surface area (Å²) in [6, 6.07) is 11.6. The van der Waals surface area contributed by atoms with E-state index in [1.54, 1.807) is 24.5 Å². The maximum Gasteiger partial charge on any atom is 0.131 e. The Kier molecular flexibility index (Phi) is 5.24. The van der Waals surface area contributed by atoms with Crippen LogP contribution in [-0.4, -0.2) is 24.9 Å². The Hall–Kier alpha value is -3.29. The Morgan fingerprint density at radius 2 is 1.90 bits per heavy atom. The second-order valence-corrected chi connectivity index (χ2v) is 7.12. The van der Waals surface area contributed by atoms with Gasteiger partial charge in [0, 0.05) is 41.1 Å². The van der Waals surface area contributed by atoms with Gasteiger partial charge in [-0.15, -0.1) is 0 Å². The average Bonchev–Trinajstić information content (AvgIpc) is 3.22. The highest BCUT2D eigenvalue weighted by molar-refractivity contribution is 5.89. The molecule has 4 rings (SSSR count). The second kappa shape index (κ2) is 7.98. The predicted molar refractivity (Wildman–Crippen MR) is 111 cm³/mol. The standard InChI is InChI=1S/C22H23N5O2/c1-14(2)27-12-16(11-26-27)15-9-19-17(5-3-7-24-19)21(10-15)29-13-20-18(22(23)28)6-4-8-25-20/h3-12,14,22,28H,13,23H2,1-2H3. The van der Waals surface area contributed by atoms with Gasteiger partial charge in [-0.2, -0.15) is 5.10 Å². The molecule has 0 radical (unpaired) electrons. The van der Waals surface area contributed by atoms with E-state index in [0.29, 0.717) is 17.0 Å². The van der Waals surface area contributed by atoms with Crippen LogP contribution < -0.4 is 10.5 Å². The summed E-state index contributed by atoms with van der Waals surface area (Å²) in [5, 5.41) is 15.1. The second-order valence-electron chi connectivity index (χ2n) is 7.12. The number of aliphatic hydroxyl groups is 1. The van der Waals surface area contributed by atoms with E-state index in [1.165, 1.54) is 0 Å². The molecule has 0 fully saturated rings. The fourth-order valence-electron chi connectivity index (χ4n) is 3.19. The third kappa shape index (κ3) is 3.96. The van der Waals surface area contributed by atoms with Gasteiger partial charge in [0.15, 0.2) is 0 Å². The molecular formula is C22H23N5O2. The monoisotopic (exact) mass is 389 g/mol. The van der Waals surface area contributed by atoms with Gasteiger partial charge in [0.2, 0.25) is 0 Å². The molecule has 148 valence electrons. The first kappa shape index (κ1) is 19.0. The summed E-state index contributed by atoms with van der Waals surface area (Å²) in [5.41, 5.74) is 9.58. The van der Waals surface area contributed by atoms with Gasteiger partial charge in [0.25, 0.3) is 0 Å². The van der Waals surface area contributed by atoms with Crippen molar-refractivity contribution >= 4 is 10.9 Å². The van der Waals surface area contributed by atoms with Crippen LogP contribution in [0.25, 0.3) is 22.0 Å². The Labute approximate surface area is 168 Å². The number of benzene rings is 1. The summed E-state index contributed by atoms with van der Waals surface area (Å²) in [7, 11) is 0. The van der Waals surface area contributed by atoms with Gasteiger partial charge < -0.3 is 15.6 Å². The first-order valence-electron chi connectivity index (χ1n) is 9.46. The number of aliphatic hydroxyl groups excluding tert-OH is 1. The number of nitrogens with two attached hydrogens (primary N) is 1. The van der Waals surface area contributed by atoms with Crippen LogP contribution in [0.3, 0.4) is 0 Å². The Bertz CT molecular complexity index is 1140. The fraction of sp³-hybridized carbons (Fsp3) is 0.227. The lowest BCUT2D eigenvalue weighted by Crippen LogP contribution is -2.13. The number of ether oxygens (including phenoxy) is 1. The molecule has 0 aliphatic heterocycles. The molecule has 0 bridgehead atoms. The molecule has 0 spiro atoms. The molecule has 3 N–H and O–H groups in total. The Morgan fingerprint density at radius 1 is 1.10 bits per heavy atom. The normalized spacial score (nSPS) is 12.4. The van der Waals surface area contributed by atoms with E-state index in [1.807, 2.05) is 41.3 Å². The zero-order chi connectivity index (χ0) is 20.4. The molecule has 0 amide bonds. The number of hydrogen-bond donors (Lipinski definition) is 2. The van der Waals surface area contributed by atoms with Crippen LogP contribution >= 0.6 is 0 Å². The third-order valence-electron chi connectivity index (χ3n) is 4.76. The molecule has 3 heterocycles. The molecule has 1 unspecified atom stereocenters. The summed E-state index contributed by atoms with van der Waals surface area (Å²) in [5.74, 6) is 0.686. The van der Waals surface area contributed by atoms with Crippen molar-refractivity contribution in [3.63, 3.8) is 0 Å². The number of rotatable bonds is 6. The lowest BCUT2D eigenvalue weighted by molar-refractivity contribution is 0.181. The molecule has 1 aromatic carbocycles. The smallest absolute Gasteiger partial charge is 0.131 e. The van der Waals surface area contributed by atoms with Gasteiger partial charge >= 0.3 is 0 Å². The van der Waals surface area contributed by atoms with E-state index in [9.17, 15) is 5.11 Å². The van der Waals surface area contributed by atoms with Crippen LogP contribution in [0.1, 0.15) is 37.4 Å². The number of hydrogen-bond acceptors (Lipinski definition) is 6. The summed E-state index contributed by atoms with van der Waals surface area (Å²) in [6.45, 7) is 4.36. The van der Waals surface area contributed by atoms with Crippen molar-refractivity contribution in [2.75, 3.05) is 0 Å². The van der Waals surface area contributed by atoms with Gasteiger partial charge in [0.1, 0.15) is 18.6 Å². The first-order valence-corrected chi connectivity index (χ1v) is 9.46. The average molecular weight is 389 g/mol. The maximum atomic E-state index is 9.78. The van der Waals surface area contributed by atoms with Crippen molar-refractivity contribution in [2.24, 2.45) is 5.73 Å². The highest BCUT2D eigenvalue weighted by Crippen LogP contribution is 2.32. The van der Waals surface area contributed by atoms with Crippen molar-refractivity contribution in [1.29, 1.82) is 0 Å². The van der Waals surface area contributed by atoms with Crippen molar-refractivity contribution in [3.8, 4) is 16.9 Å². The van der Waals surface area contributed by atoms with Crippen LogP contribution in [0.15, 0.2) is 61.2 Å². The van der Waals surface area contributed by atoms with Gasteiger partial charge in [-0.3, -0.25) is 14.6 Å². The highest BCUT2D eigenvalue weighted by Gasteiger charge is 2.13. The molecule has 0 saturated heterocycles. The van der Waals surface area contributed by atoms with Gasteiger partial charge in [0.05, 0.1) is 17.4 Å². The van der Waals surface area contributed by atoms with E-state index in [2.05, 4.69) is 28.9 Å². The number of aromatic nitrogens is 4. The minimum atomic E-state index is -1.10. The third-order valence-corrected chi connectivity index (χ3v) is 4.76. The van der Waals surface area contributed by atoms with Crippen molar-refractivity contribution in [1.82, 2.24) is 19.7 Å². The van der Waals surface area contributed by atoms with E-state index < -0.39 is 6.23 Å². The molecule has 4 aromatic rings. The van der Waals surface area contributed by atoms with Gasteiger partial charge in [-0.05, 0) is 49.7 Å². The molecule has 0 aliphatic rings. The van der Waals surface area contributed by atoms with Crippen molar-refractivity contribution in [3.05, 3.63) is 72.4 Å². The minimum Gasteiger partial charge on any atom is -0.487 e. The largest absolute Gasteiger partial charge is 0.487 e. The minimum absolute atomic E-state index is 0.184. The van der Waals surface area contributed by atoms with Crippen LogP contribution in [-0.2, 0) is 6.61 Å². The van der Waals surface area contributed by atoms with Crippen LogP contribution in [0.4, 0.5) is 0 Å². The summed E-state index contributed by atoms with van der Waals surface area (Å²) >= 11 is 0. The molecule has 3 aromatic heterocycles. The molecule has 7 nitrogen and oxygen atoms in total. The topological polar surface area (TPSA) is 99.1 Å². The number of nitrogens with zero attached hydrogens (tertiary/aromatic N) is 4. The summed E-state index contributed by atoms with van der Waals surface area (Å²) < 4.78 is 8.03. The zero-order valence-corrected chi connectivity index (χ0v) is 16.4. The zero-order valence-electron chi connectivity index (χ0n) is 16.4. The van der Waals surface area contributed by atoms with E-state index >= 15 is 0 Å². The van der Waals surface area contributed by atoms with Crippen LogP contribution in [0.2, 0.25) is 0 Å². The lowest BCUT2D eigenvalue weighted by Gasteiger charge is -2.14. The van der Waals surface area contributed by atoms with E-state index in [0.717, 1.165) is 22.0 Å². The molecule has 0 saturated carbocycles. The first-order chi connectivity index (χ1) is 14.0. The SMILES string of the molecule is CC(C)n1cc(-c2cc(OCc3ncccc3C(N)O)c3cccnc3c2)cn1. The fourth-order valence-corrected chi connectivity index (χ4v) is 3.19. The molecular weight excluding hydrogens is 366 g/mol. The summed E-state index contributed by atoms with van der Waals surface area (Å²) in [4.78, 5) is 8.79. The quantitative estimate of drug-likeness (QED) is 0.489. The van der Waals surface area contributed by atoms with E-state index in [4.69, 9.17) is 10.5 Å². The van der Waals surface area contributed by atoms with Crippen molar-refractivity contribution in [2.45, 2.75) is 32.7 Å². The maximum absolute atomic E-state index is 9.78. The summed E-state index contributed by atoms with van der Waals surface area (Å²) in [6.07, 6.45) is 6.17. The van der Waals surface area contributed by atoms with Crippen LogP contribution in [0.5, 0.6) is 5.75 Å².